The summed E-state index contributed by atoms with van der Waals surface area (Å²) in [7, 11) is 3.68. The Bertz CT molecular complexity index is 256. The highest BCUT2D eigenvalue weighted by Gasteiger charge is 2.10. The molecule has 0 unspecified atom stereocenters. The van der Waals surface area contributed by atoms with E-state index < -0.39 is 0 Å². The quantitative estimate of drug-likeness (QED) is 0.766. The zero-order valence-electron chi connectivity index (χ0n) is 8.50. The van der Waals surface area contributed by atoms with Gasteiger partial charge < -0.3 is 10.1 Å². The molecule has 0 aromatic heterocycles. The second kappa shape index (κ2) is 4.87. The average molecular weight is 179 g/mol. The van der Waals surface area contributed by atoms with Crippen LogP contribution in [0.5, 0.6) is 5.75 Å². The minimum atomic E-state index is 0.385. The largest absolute Gasteiger partial charge is 0.496 e. The van der Waals surface area contributed by atoms with Crippen LogP contribution in [0.1, 0.15) is 24.9 Å². The number of hydrogen-bond donors (Lipinski definition) is 1. The van der Waals surface area contributed by atoms with Gasteiger partial charge >= 0.3 is 0 Å². The van der Waals surface area contributed by atoms with E-state index in [1.54, 1.807) is 7.11 Å². The van der Waals surface area contributed by atoms with Crippen molar-refractivity contribution in [1.29, 1.82) is 0 Å². The van der Waals surface area contributed by atoms with Crippen LogP contribution in [0.4, 0.5) is 0 Å². The van der Waals surface area contributed by atoms with Gasteiger partial charge in [-0.25, -0.2) is 0 Å². The lowest BCUT2D eigenvalue weighted by molar-refractivity contribution is 0.400. The molecule has 2 heteroatoms. The van der Waals surface area contributed by atoms with Crippen molar-refractivity contribution in [2.75, 3.05) is 14.2 Å². The Morgan fingerprint density at radius 3 is 2.62 bits per heavy atom. The lowest BCUT2D eigenvalue weighted by Crippen LogP contribution is -2.15. The highest BCUT2D eigenvalue weighted by atomic mass is 16.5. The predicted molar refractivity (Wildman–Crippen MR) is 55.1 cm³/mol. The Morgan fingerprint density at radius 2 is 2.08 bits per heavy atom. The van der Waals surface area contributed by atoms with Gasteiger partial charge in [0.15, 0.2) is 0 Å². The van der Waals surface area contributed by atoms with Gasteiger partial charge in [0.1, 0.15) is 5.75 Å². The van der Waals surface area contributed by atoms with Crippen LogP contribution in [-0.4, -0.2) is 14.2 Å². The van der Waals surface area contributed by atoms with Crippen molar-refractivity contribution in [3.63, 3.8) is 0 Å². The molecule has 0 fully saturated rings. The number of methoxy groups -OCH3 is 1. The second-order valence-electron chi connectivity index (χ2n) is 2.99. The van der Waals surface area contributed by atoms with Gasteiger partial charge in [0.05, 0.1) is 7.11 Å². The highest BCUT2D eigenvalue weighted by molar-refractivity contribution is 5.35. The molecule has 1 rings (SSSR count). The minimum absolute atomic E-state index is 0.385. The first-order valence-electron chi connectivity index (χ1n) is 4.63. The van der Waals surface area contributed by atoms with Crippen molar-refractivity contribution < 1.29 is 4.74 Å². The van der Waals surface area contributed by atoms with Crippen molar-refractivity contribution >= 4 is 0 Å². The molecule has 0 saturated carbocycles. The fourth-order valence-electron chi connectivity index (χ4n) is 1.53. The molecular formula is C11H17NO. The lowest BCUT2D eigenvalue weighted by Gasteiger charge is -2.17. The summed E-state index contributed by atoms with van der Waals surface area (Å²) in [5.41, 5.74) is 1.23. The fraction of sp³-hybridized carbons (Fsp3) is 0.455. The zero-order chi connectivity index (χ0) is 9.68. The van der Waals surface area contributed by atoms with Crippen molar-refractivity contribution in [3.8, 4) is 5.75 Å². The van der Waals surface area contributed by atoms with Gasteiger partial charge in [-0.05, 0) is 19.5 Å². The van der Waals surface area contributed by atoms with E-state index in [0.717, 1.165) is 12.2 Å². The smallest absolute Gasteiger partial charge is 0.123 e. The normalized spacial score (nSPS) is 12.5. The summed E-state index contributed by atoms with van der Waals surface area (Å²) >= 11 is 0. The molecule has 0 aliphatic carbocycles. The molecule has 1 aromatic rings. The van der Waals surface area contributed by atoms with E-state index in [0.29, 0.717) is 6.04 Å². The Balaban J connectivity index is 2.96. The van der Waals surface area contributed by atoms with Crippen molar-refractivity contribution in [1.82, 2.24) is 5.32 Å². The molecule has 72 valence electrons. The molecule has 0 bridgehead atoms. The maximum absolute atomic E-state index is 5.29. The standard InChI is InChI=1S/C11H17NO/c1-4-10(12-2)9-7-5-6-8-11(9)13-3/h5-8,10,12H,4H2,1-3H3/t10-/m1/s1. The van der Waals surface area contributed by atoms with Crippen LogP contribution in [0.2, 0.25) is 0 Å². The molecule has 0 heterocycles. The highest BCUT2D eigenvalue weighted by Crippen LogP contribution is 2.26. The van der Waals surface area contributed by atoms with E-state index in [9.17, 15) is 0 Å². The average Bonchev–Trinajstić information content (AvgIpc) is 2.20. The summed E-state index contributed by atoms with van der Waals surface area (Å²) < 4.78 is 5.29. The van der Waals surface area contributed by atoms with Crippen LogP contribution < -0.4 is 10.1 Å². The summed E-state index contributed by atoms with van der Waals surface area (Å²) in [6.45, 7) is 2.16. The molecule has 0 spiro atoms. The van der Waals surface area contributed by atoms with E-state index in [4.69, 9.17) is 4.74 Å². The Labute approximate surface area is 79.9 Å². The first-order chi connectivity index (χ1) is 6.33. The Morgan fingerprint density at radius 1 is 1.38 bits per heavy atom. The number of ether oxygens (including phenoxy) is 1. The molecule has 0 aliphatic heterocycles. The van der Waals surface area contributed by atoms with Gasteiger partial charge in [-0.2, -0.15) is 0 Å². The van der Waals surface area contributed by atoms with E-state index in [-0.39, 0.29) is 0 Å². The Kier molecular flexibility index (Phi) is 3.77. The maximum atomic E-state index is 5.29. The molecule has 13 heavy (non-hydrogen) atoms. The summed E-state index contributed by atoms with van der Waals surface area (Å²) in [6.07, 6.45) is 1.07. The second-order valence-corrected chi connectivity index (χ2v) is 2.99. The zero-order valence-corrected chi connectivity index (χ0v) is 8.50. The fourth-order valence-corrected chi connectivity index (χ4v) is 1.53. The van der Waals surface area contributed by atoms with E-state index in [1.165, 1.54) is 5.56 Å². The minimum Gasteiger partial charge on any atom is -0.496 e. The number of nitrogens with one attached hydrogen (secondary N) is 1. The van der Waals surface area contributed by atoms with Crippen LogP contribution in [-0.2, 0) is 0 Å². The van der Waals surface area contributed by atoms with Crippen molar-refractivity contribution in [2.24, 2.45) is 0 Å². The molecule has 0 amide bonds. The molecular weight excluding hydrogens is 162 g/mol. The van der Waals surface area contributed by atoms with Crippen molar-refractivity contribution in [2.45, 2.75) is 19.4 Å². The number of para-hydroxylation sites is 1. The maximum Gasteiger partial charge on any atom is 0.123 e. The summed E-state index contributed by atoms with van der Waals surface area (Å²) in [5, 5.41) is 3.26. The van der Waals surface area contributed by atoms with Gasteiger partial charge in [0.2, 0.25) is 0 Å². The first-order valence-corrected chi connectivity index (χ1v) is 4.63. The van der Waals surface area contributed by atoms with E-state index >= 15 is 0 Å². The van der Waals surface area contributed by atoms with Crippen LogP contribution in [0.3, 0.4) is 0 Å². The number of rotatable bonds is 4. The third-order valence-corrected chi connectivity index (χ3v) is 2.27. The molecule has 1 N–H and O–H groups in total. The van der Waals surface area contributed by atoms with Crippen LogP contribution in [0.25, 0.3) is 0 Å². The molecule has 1 atom stereocenters. The summed E-state index contributed by atoms with van der Waals surface area (Å²) in [5.74, 6) is 0.962. The molecule has 0 saturated heterocycles. The monoisotopic (exact) mass is 179 g/mol. The molecule has 2 nitrogen and oxygen atoms in total. The third kappa shape index (κ3) is 2.22. The van der Waals surface area contributed by atoms with E-state index in [2.05, 4.69) is 18.3 Å². The predicted octanol–water partition coefficient (Wildman–Crippen LogP) is 2.37. The topological polar surface area (TPSA) is 21.3 Å². The van der Waals surface area contributed by atoms with Gasteiger partial charge in [-0.1, -0.05) is 25.1 Å². The van der Waals surface area contributed by atoms with Gasteiger partial charge in [0, 0.05) is 11.6 Å². The van der Waals surface area contributed by atoms with E-state index in [1.807, 2.05) is 25.2 Å². The van der Waals surface area contributed by atoms with Crippen molar-refractivity contribution in [3.05, 3.63) is 29.8 Å². The SMILES string of the molecule is CC[C@@H](NC)c1ccccc1OC. The molecule has 0 radical (unpaired) electrons. The third-order valence-electron chi connectivity index (χ3n) is 2.27. The number of hydrogen-bond acceptors (Lipinski definition) is 2. The summed E-state index contributed by atoms with van der Waals surface area (Å²) in [4.78, 5) is 0. The number of benzene rings is 1. The van der Waals surface area contributed by atoms with Gasteiger partial charge in [-0.15, -0.1) is 0 Å². The van der Waals surface area contributed by atoms with Gasteiger partial charge in [0.25, 0.3) is 0 Å². The van der Waals surface area contributed by atoms with Crippen LogP contribution in [0, 0.1) is 0 Å². The first kappa shape index (κ1) is 10.1. The molecule has 1 aromatic carbocycles. The van der Waals surface area contributed by atoms with Gasteiger partial charge in [-0.3, -0.25) is 0 Å². The summed E-state index contributed by atoms with van der Waals surface area (Å²) in [6, 6.07) is 8.51. The Hall–Kier alpha value is -1.02. The lowest BCUT2D eigenvalue weighted by atomic mass is 10.0. The van der Waals surface area contributed by atoms with Crippen LogP contribution >= 0.6 is 0 Å². The molecule has 0 aliphatic rings. The van der Waals surface area contributed by atoms with Crippen LogP contribution in [0.15, 0.2) is 24.3 Å².